The molecule has 0 atom stereocenters. The van der Waals surface area contributed by atoms with Gasteiger partial charge in [0.25, 0.3) is 0 Å². The first kappa shape index (κ1) is 64.7. The molecule has 0 aliphatic heterocycles. The number of hydrogen-bond acceptors (Lipinski definition) is 10. The van der Waals surface area contributed by atoms with Crippen LogP contribution in [-0.4, -0.2) is 7.64 Å². The van der Waals surface area contributed by atoms with Crippen molar-refractivity contribution in [1.82, 2.24) is 0 Å². The molecule has 0 spiro atoms. The van der Waals surface area contributed by atoms with E-state index >= 15 is 0 Å². The molecule has 467 valence electrons. The Hall–Kier alpha value is -9.67. The fourth-order valence-electron chi connectivity index (χ4n) is 12.1. The Morgan fingerprint density at radius 2 is 0.423 bits per heavy atom. The van der Waals surface area contributed by atoms with Gasteiger partial charge in [0.1, 0.15) is 0 Å². The number of hydrogen-bond donors (Lipinski definition) is 1. The van der Waals surface area contributed by atoms with Gasteiger partial charge >= 0.3 is 24.8 Å². The van der Waals surface area contributed by atoms with E-state index in [1.807, 2.05) is 22.7 Å². The average Bonchev–Trinajstić information content (AvgIpc) is 1.91. The van der Waals surface area contributed by atoms with Gasteiger partial charge in [-0.2, -0.15) is 0 Å². The normalized spacial score (nSPS) is 10.9. The van der Waals surface area contributed by atoms with Crippen LogP contribution in [0.5, 0.6) is 0 Å². The maximum Gasteiger partial charge on any atom is 0.0535 e. The monoisotopic (exact) mass is 1470 g/mol. The molecule has 4 aromatic heterocycles. The molecule has 0 fully saturated rings. The summed E-state index contributed by atoms with van der Waals surface area (Å²) in [5, 5.41) is 4.62. The molecule has 13 heteroatoms. The molecule has 0 bridgehead atoms. The van der Waals surface area contributed by atoms with Gasteiger partial charge in [-0.05, 0) is 200 Å². The molecule has 12 aromatic carbocycles. The fraction of sp³-hybridized carbons (Fsp3) is 0. The van der Waals surface area contributed by atoms with Crippen molar-refractivity contribution in [2.24, 2.45) is 4.30 Å². The molecule has 0 saturated heterocycles. The van der Waals surface area contributed by atoms with Crippen LogP contribution >= 0.6 is 90.0 Å². The third-order valence-electron chi connectivity index (χ3n) is 16.5. The molecule has 0 saturated carbocycles. The van der Waals surface area contributed by atoms with Gasteiger partial charge in [-0.1, -0.05) is 194 Å². The zero-order chi connectivity index (χ0) is 65.9. The van der Waals surface area contributed by atoms with Gasteiger partial charge in [-0.25, -0.2) is 0 Å². The smallest absolute Gasteiger partial charge is 0.0535 e. The van der Waals surface area contributed by atoms with E-state index in [4.69, 9.17) is 0 Å². The Labute approximate surface area is 605 Å². The number of benzene rings is 12. The second-order valence-electron chi connectivity index (χ2n) is 22.4. The molecule has 4 heterocycles. The number of halogens is 2. The Morgan fingerprint density at radius 3 is 0.619 bits per heavy atom. The standard InChI is InChI=1S/C42H28Br2N2S2.C42H30N2S2.BHNS/c43-41-37(29-21-25-35(26-22-29)45(31-13-5-1-6-14-31)32-15-7-2-8-16-32)39-40(48-41)38(42(44)47-39)30-23-27-36(28-24-30)46(33-17-9-3-10-18-33)34-19-11-4-12-20-34;1-5-13-33(14-6-1)43(34-15-7-2-8-16-34)37-25-21-31(22-26-37)39-29-45-42-40(30-46-41(39)42)32-23-27-38(28-24-32)44(35-17-9-3-10-18-35)36-19-11-4-12-20-36;1-2-3/h1-28H;1-30H;3H. The van der Waals surface area contributed by atoms with Crippen LogP contribution in [0, 0.1) is 0 Å². The summed E-state index contributed by atoms with van der Waals surface area (Å²) in [6, 6.07) is 120. The van der Waals surface area contributed by atoms with Crippen molar-refractivity contribution < 1.29 is 0 Å². The molecule has 0 unspecified atom stereocenters. The predicted molar refractivity (Wildman–Crippen MR) is 432 cm³/mol. The quantitative estimate of drug-likeness (QED) is 0.0770. The van der Waals surface area contributed by atoms with Crippen molar-refractivity contribution in [3.05, 3.63) is 358 Å². The van der Waals surface area contributed by atoms with E-state index in [-0.39, 0.29) is 0 Å². The maximum absolute atomic E-state index is 4.34. The SMILES string of the molecule is Brc1sc2c(-c3ccc(N(c4ccccc4)c4ccccc4)cc3)c(Br)sc2c1-c1ccc(N(c2ccccc2)c2ccccc2)cc1.[B]=NS.c1ccc(N(c2ccccc2)c2ccc(-c3csc4c(-c5ccc(N(c6ccccc6)c6ccccc6)cc5)csc34)cc2)cc1. The second kappa shape index (κ2) is 30.6. The van der Waals surface area contributed by atoms with E-state index in [9.17, 15) is 0 Å². The van der Waals surface area contributed by atoms with Crippen LogP contribution in [0.15, 0.2) is 362 Å². The number of thiol groups is 1. The van der Waals surface area contributed by atoms with Gasteiger partial charge in [0, 0.05) is 101 Å². The van der Waals surface area contributed by atoms with Crippen molar-refractivity contribution in [2.45, 2.75) is 0 Å². The number of fused-ring (bicyclic) bond motifs is 2. The Morgan fingerprint density at radius 1 is 0.247 bits per heavy atom. The number of thiophene rings is 4. The van der Waals surface area contributed by atoms with Gasteiger partial charge in [-0.15, -0.1) is 45.3 Å². The van der Waals surface area contributed by atoms with Crippen LogP contribution < -0.4 is 19.6 Å². The molecule has 16 aromatic rings. The first-order valence-corrected chi connectivity index (χ1v) is 36.7. The van der Waals surface area contributed by atoms with Crippen LogP contribution in [-0.2, 0) is 0 Å². The third kappa shape index (κ3) is 14.1. The van der Waals surface area contributed by atoms with Crippen LogP contribution in [0.25, 0.3) is 63.3 Å². The molecule has 0 aliphatic rings. The minimum absolute atomic E-state index is 1.12. The molecule has 1 radical (unpaired) electrons. The Kier molecular flexibility index (Phi) is 20.4. The van der Waals surface area contributed by atoms with Gasteiger partial charge in [0.05, 0.1) is 26.4 Å². The molecular weight excluding hydrogens is 1410 g/mol. The van der Waals surface area contributed by atoms with E-state index in [1.54, 1.807) is 22.7 Å². The van der Waals surface area contributed by atoms with Gasteiger partial charge in [-0.3, -0.25) is 0 Å². The third-order valence-corrected chi connectivity index (χ3v) is 22.6. The van der Waals surface area contributed by atoms with Crippen molar-refractivity contribution in [1.29, 1.82) is 0 Å². The molecule has 0 amide bonds. The number of para-hydroxylation sites is 8. The van der Waals surface area contributed by atoms with Crippen LogP contribution in [0.1, 0.15) is 0 Å². The van der Waals surface area contributed by atoms with Crippen LogP contribution in [0.3, 0.4) is 0 Å². The first-order valence-electron chi connectivity index (χ1n) is 31.4. The van der Waals surface area contributed by atoms with Gasteiger partial charge < -0.3 is 19.6 Å². The molecule has 0 N–H and O–H groups in total. The van der Waals surface area contributed by atoms with E-state index in [2.05, 4.69) is 427 Å². The number of anilines is 12. The summed E-state index contributed by atoms with van der Waals surface area (Å²) in [4.78, 5) is 9.19. The predicted octanol–water partition coefficient (Wildman–Crippen LogP) is 28.2. The summed E-state index contributed by atoms with van der Waals surface area (Å²) < 4.78 is 10.2. The van der Waals surface area contributed by atoms with Crippen molar-refractivity contribution in [3.8, 4) is 44.5 Å². The first-order chi connectivity index (χ1) is 47.9. The van der Waals surface area contributed by atoms with Crippen molar-refractivity contribution in [3.63, 3.8) is 0 Å². The Balaban J connectivity index is 0.000000160. The van der Waals surface area contributed by atoms with E-state index < -0.39 is 0 Å². The molecule has 5 nitrogen and oxygen atoms in total. The van der Waals surface area contributed by atoms with Crippen molar-refractivity contribution >= 4 is 185 Å². The van der Waals surface area contributed by atoms with E-state index in [1.165, 1.54) is 63.3 Å². The zero-order valence-electron chi connectivity index (χ0n) is 52.1. The largest absolute Gasteiger partial charge is 0.311 e. The van der Waals surface area contributed by atoms with Crippen molar-refractivity contribution in [2.75, 3.05) is 19.6 Å². The van der Waals surface area contributed by atoms with Crippen LogP contribution in [0.2, 0.25) is 0 Å². The second-order valence-corrected chi connectivity index (χ2v) is 29.1. The maximum atomic E-state index is 4.34. The summed E-state index contributed by atoms with van der Waals surface area (Å²) in [5.74, 6) is 0. The van der Waals surface area contributed by atoms with Crippen LogP contribution in [0.4, 0.5) is 68.2 Å². The molecular formula is C84H59BBr2N5S5. The Bertz CT molecular complexity index is 4700. The summed E-state index contributed by atoms with van der Waals surface area (Å²) in [6.07, 6.45) is 0. The summed E-state index contributed by atoms with van der Waals surface area (Å²) in [6.45, 7) is 0. The minimum Gasteiger partial charge on any atom is -0.311 e. The minimum atomic E-state index is 1.12. The van der Waals surface area contributed by atoms with E-state index in [0.717, 1.165) is 75.8 Å². The summed E-state index contributed by atoms with van der Waals surface area (Å²) >= 11 is 18.4. The molecule has 0 aliphatic carbocycles. The summed E-state index contributed by atoms with van der Waals surface area (Å²) in [5.41, 5.74) is 23.5. The number of nitrogens with zero attached hydrogens (tertiary/aromatic N) is 5. The topological polar surface area (TPSA) is 25.3 Å². The van der Waals surface area contributed by atoms with Gasteiger partial charge in [0.15, 0.2) is 0 Å². The summed E-state index contributed by atoms with van der Waals surface area (Å²) in [7, 11) is 4.34. The molecule has 97 heavy (non-hydrogen) atoms. The van der Waals surface area contributed by atoms with Gasteiger partial charge in [0.2, 0.25) is 0 Å². The molecule has 16 rings (SSSR count). The van der Waals surface area contributed by atoms with E-state index in [0.29, 0.717) is 0 Å². The fourth-order valence-corrected chi connectivity index (χ4v) is 19.1. The zero-order valence-corrected chi connectivity index (χ0v) is 59.5. The average molecular weight is 1470 g/mol. The number of rotatable bonds is 16.